The number of halogens is 1. The van der Waals surface area contributed by atoms with Crippen LogP contribution in [-0.2, 0) is 10.0 Å². The molecule has 0 aliphatic heterocycles. The highest BCUT2D eigenvalue weighted by molar-refractivity contribution is 7.94. The predicted molar refractivity (Wildman–Crippen MR) is 99.1 cm³/mol. The first kappa shape index (κ1) is 16.3. The van der Waals surface area contributed by atoms with Crippen LogP contribution in [0.2, 0.25) is 5.02 Å². The fourth-order valence-electron chi connectivity index (χ4n) is 2.22. The molecule has 0 unspecified atom stereocenters. The summed E-state index contributed by atoms with van der Waals surface area (Å²) in [7, 11) is -3.73. The Morgan fingerprint density at radius 2 is 2.13 bits per heavy atom. The number of aromatic nitrogens is 1. The number of thiophene rings is 1. The second-order valence-corrected chi connectivity index (χ2v) is 8.57. The molecule has 0 bridgehead atoms. The summed E-state index contributed by atoms with van der Waals surface area (Å²) >= 11 is 12.3. The first-order chi connectivity index (χ1) is 10.8. The number of aromatic amines is 1. The lowest BCUT2D eigenvalue weighted by atomic mass is 10.2. The van der Waals surface area contributed by atoms with Crippen molar-refractivity contribution in [1.29, 1.82) is 0 Å². The van der Waals surface area contributed by atoms with Crippen molar-refractivity contribution in [1.82, 2.24) is 4.98 Å². The molecule has 3 aromatic rings. The van der Waals surface area contributed by atoms with Crippen LogP contribution >= 0.6 is 35.2 Å². The number of thiocarbonyl (C=S) groups is 1. The largest absolute Gasteiger partial charge is 0.388 e. The molecule has 3 rings (SSSR count). The molecule has 0 saturated carbocycles. The van der Waals surface area contributed by atoms with Gasteiger partial charge in [0.25, 0.3) is 10.0 Å². The number of nitrogens with two attached hydrogens (primary N) is 1. The van der Waals surface area contributed by atoms with Crippen molar-refractivity contribution in [2.75, 3.05) is 4.72 Å². The van der Waals surface area contributed by atoms with Gasteiger partial charge in [-0.2, -0.15) is 0 Å². The summed E-state index contributed by atoms with van der Waals surface area (Å²) in [6, 6.07) is 6.90. The number of H-pyrrole nitrogens is 1. The highest BCUT2D eigenvalue weighted by Gasteiger charge is 2.21. The lowest BCUT2D eigenvalue weighted by Crippen LogP contribution is -2.13. The van der Waals surface area contributed by atoms with Crippen molar-refractivity contribution in [3.63, 3.8) is 0 Å². The summed E-state index contributed by atoms with van der Waals surface area (Å²) < 4.78 is 28.0. The maximum Gasteiger partial charge on any atom is 0.271 e. The monoisotopic (exact) mass is 385 g/mol. The van der Waals surface area contributed by atoms with E-state index in [2.05, 4.69) is 9.71 Å². The lowest BCUT2D eigenvalue weighted by Gasteiger charge is -2.10. The molecule has 0 aliphatic carbocycles. The van der Waals surface area contributed by atoms with Crippen LogP contribution < -0.4 is 10.5 Å². The molecule has 2 heterocycles. The summed E-state index contributed by atoms with van der Waals surface area (Å²) in [4.78, 5) is 3.21. The molecule has 9 heteroatoms. The van der Waals surface area contributed by atoms with Crippen molar-refractivity contribution < 1.29 is 8.42 Å². The van der Waals surface area contributed by atoms with Crippen LogP contribution in [0.3, 0.4) is 0 Å². The van der Waals surface area contributed by atoms with Gasteiger partial charge in [0.2, 0.25) is 0 Å². The number of benzene rings is 1. The van der Waals surface area contributed by atoms with E-state index in [-0.39, 0.29) is 19.9 Å². The van der Waals surface area contributed by atoms with E-state index in [1.54, 1.807) is 36.6 Å². The van der Waals surface area contributed by atoms with Gasteiger partial charge in [-0.3, -0.25) is 4.72 Å². The van der Waals surface area contributed by atoms with Crippen LogP contribution in [0.1, 0.15) is 11.3 Å². The van der Waals surface area contributed by atoms with E-state index in [9.17, 15) is 8.42 Å². The summed E-state index contributed by atoms with van der Waals surface area (Å²) in [6.07, 6.45) is 0. The van der Waals surface area contributed by atoms with Crippen molar-refractivity contribution in [2.24, 2.45) is 5.73 Å². The Morgan fingerprint density at radius 1 is 1.39 bits per heavy atom. The van der Waals surface area contributed by atoms with E-state index in [1.165, 1.54) is 0 Å². The number of aryl methyl sites for hydroxylation is 1. The molecule has 23 heavy (non-hydrogen) atoms. The molecule has 4 N–H and O–H groups in total. The number of nitrogens with one attached hydrogen (secondary N) is 2. The molecule has 0 atom stereocenters. The van der Waals surface area contributed by atoms with Crippen LogP contribution in [-0.4, -0.2) is 18.4 Å². The van der Waals surface area contributed by atoms with Crippen molar-refractivity contribution in [2.45, 2.75) is 11.1 Å². The van der Waals surface area contributed by atoms with Gasteiger partial charge in [-0.25, -0.2) is 8.42 Å². The Balaban J connectivity index is 2.14. The van der Waals surface area contributed by atoms with Crippen LogP contribution in [0.4, 0.5) is 5.69 Å². The molecule has 0 saturated heterocycles. The summed E-state index contributed by atoms with van der Waals surface area (Å²) in [6.45, 7) is 1.74. The number of hydrogen-bond donors (Lipinski definition) is 3. The van der Waals surface area contributed by atoms with E-state index in [0.29, 0.717) is 16.8 Å². The molecule has 0 spiro atoms. The molecular formula is C14H12ClN3O2S3. The van der Waals surface area contributed by atoms with Gasteiger partial charge in [0.05, 0.1) is 21.9 Å². The molecule has 120 valence electrons. The van der Waals surface area contributed by atoms with E-state index in [4.69, 9.17) is 29.6 Å². The second-order valence-electron chi connectivity index (χ2n) is 4.93. The average molecular weight is 386 g/mol. The minimum Gasteiger partial charge on any atom is -0.388 e. The van der Waals surface area contributed by atoms with Crippen molar-refractivity contribution in [3.05, 3.63) is 45.9 Å². The molecule has 2 aromatic heterocycles. The summed E-state index contributed by atoms with van der Waals surface area (Å²) in [5.74, 6) is 0. The first-order valence-corrected chi connectivity index (χ1v) is 9.62. The minimum atomic E-state index is -3.73. The van der Waals surface area contributed by atoms with E-state index in [0.717, 1.165) is 16.7 Å². The van der Waals surface area contributed by atoms with Gasteiger partial charge >= 0.3 is 0 Å². The van der Waals surface area contributed by atoms with Gasteiger partial charge in [-0.1, -0.05) is 29.9 Å². The van der Waals surface area contributed by atoms with Crippen LogP contribution in [0.25, 0.3) is 10.9 Å². The Morgan fingerprint density at radius 3 is 2.74 bits per heavy atom. The van der Waals surface area contributed by atoms with Crippen LogP contribution in [0, 0.1) is 6.92 Å². The van der Waals surface area contributed by atoms with Gasteiger partial charge in [0, 0.05) is 5.39 Å². The maximum absolute atomic E-state index is 12.6. The Labute approximate surface area is 147 Å². The zero-order chi connectivity index (χ0) is 16.8. The minimum absolute atomic E-state index is 0.195. The molecule has 0 amide bonds. The van der Waals surface area contributed by atoms with Gasteiger partial charge in [-0.15, -0.1) is 11.3 Å². The normalized spacial score (nSPS) is 11.7. The van der Waals surface area contributed by atoms with Gasteiger partial charge in [0.15, 0.2) is 0 Å². The third-order valence-corrected chi connectivity index (χ3v) is 6.88. The maximum atomic E-state index is 12.6. The van der Waals surface area contributed by atoms with E-state index < -0.39 is 10.0 Å². The standard InChI is InChI=1S/C14H12ClN3O2S3/c1-7-4-5-22-14(7)23(19,20)18-12-9(15)3-2-8-6-10(13(16)21)17-11(8)12/h2-6,17-18H,1H3,(H2,16,21). The SMILES string of the molecule is Cc1ccsc1S(=O)(=O)Nc1c(Cl)ccc2cc(C(N)=S)[nH]c12. The van der Waals surface area contributed by atoms with E-state index in [1.807, 2.05) is 0 Å². The summed E-state index contributed by atoms with van der Waals surface area (Å²) in [5, 5.41) is 2.77. The molecule has 5 nitrogen and oxygen atoms in total. The van der Waals surface area contributed by atoms with Crippen molar-refractivity contribution in [3.8, 4) is 0 Å². The summed E-state index contributed by atoms with van der Waals surface area (Å²) in [5.41, 5.74) is 7.67. The third kappa shape index (κ3) is 2.94. The molecule has 0 radical (unpaired) electrons. The Hall–Kier alpha value is -1.61. The fourth-order valence-corrected chi connectivity index (χ4v) is 5.11. The van der Waals surface area contributed by atoms with Crippen LogP contribution in [0.15, 0.2) is 33.9 Å². The van der Waals surface area contributed by atoms with E-state index >= 15 is 0 Å². The molecule has 0 fully saturated rings. The Kier molecular flexibility index (Phi) is 4.09. The number of sulfonamides is 1. The second kappa shape index (κ2) is 5.79. The number of hydrogen-bond acceptors (Lipinski definition) is 4. The number of fused-ring (bicyclic) bond motifs is 1. The van der Waals surface area contributed by atoms with Gasteiger partial charge < -0.3 is 10.7 Å². The number of anilines is 1. The molecule has 1 aromatic carbocycles. The van der Waals surface area contributed by atoms with Gasteiger partial charge in [0.1, 0.15) is 9.20 Å². The number of rotatable bonds is 4. The highest BCUT2D eigenvalue weighted by atomic mass is 35.5. The average Bonchev–Trinajstić information content (AvgIpc) is 3.08. The zero-order valence-corrected chi connectivity index (χ0v) is 15.1. The predicted octanol–water partition coefficient (Wildman–Crippen LogP) is 3.63. The van der Waals surface area contributed by atoms with Gasteiger partial charge in [-0.05, 0) is 36.1 Å². The topological polar surface area (TPSA) is 88.0 Å². The first-order valence-electron chi connectivity index (χ1n) is 6.47. The fraction of sp³-hybridized carbons (Fsp3) is 0.0714. The third-order valence-electron chi connectivity index (χ3n) is 3.31. The van der Waals surface area contributed by atoms with Crippen LogP contribution in [0.5, 0.6) is 0 Å². The quantitative estimate of drug-likeness (QED) is 0.598. The zero-order valence-electron chi connectivity index (χ0n) is 11.9. The molecular weight excluding hydrogens is 374 g/mol. The highest BCUT2D eigenvalue weighted by Crippen LogP contribution is 2.34. The van der Waals surface area contributed by atoms with Crippen molar-refractivity contribution >= 4 is 66.8 Å². The molecule has 0 aliphatic rings. The Bertz CT molecular complexity index is 1020. The lowest BCUT2D eigenvalue weighted by molar-refractivity contribution is 0.603. The smallest absolute Gasteiger partial charge is 0.271 e.